The van der Waals surface area contributed by atoms with Crippen LogP contribution < -0.4 is 0 Å². The van der Waals surface area contributed by atoms with Gasteiger partial charge in [-0.2, -0.15) is 5.26 Å². The Balaban J connectivity index is 1.88. The third-order valence-corrected chi connectivity index (χ3v) is 3.80. The summed E-state index contributed by atoms with van der Waals surface area (Å²) >= 11 is 0. The van der Waals surface area contributed by atoms with Gasteiger partial charge in [-0.1, -0.05) is 24.3 Å². The number of rotatable bonds is 3. The molecular weight excluding hydrogens is 222 g/mol. The first-order valence-corrected chi connectivity index (χ1v) is 6.61. The molecule has 1 aromatic carbocycles. The van der Waals surface area contributed by atoms with Crippen LogP contribution in [0, 0.1) is 18.3 Å². The normalized spacial score (nSPS) is 19.4. The fourth-order valence-electron chi connectivity index (χ4n) is 2.42. The van der Waals surface area contributed by atoms with E-state index in [-0.39, 0.29) is 6.04 Å². The Hall–Kier alpha value is -1.37. The predicted molar refractivity (Wildman–Crippen MR) is 73.1 cm³/mol. The monoisotopic (exact) mass is 243 g/mol. The predicted octanol–water partition coefficient (Wildman–Crippen LogP) is 2.02. The molecular formula is C15H21N3. The van der Waals surface area contributed by atoms with Crippen molar-refractivity contribution in [3.63, 3.8) is 0 Å². The van der Waals surface area contributed by atoms with E-state index in [1.165, 1.54) is 11.1 Å². The van der Waals surface area contributed by atoms with E-state index in [1.807, 2.05) is 6.92 Å². The van der Waals surface area contributed by atoms with Crippen LogP contribution in [0.2, 0.25) is 0 Å². The van der Waals surface area contributed by atoms with Gasteiger partial charge in [0.1, 0.15) is 0 Å². The van der Waals surface area contributed by atoms with Crippen molar-refractivity contribution in [2.24, 2.45) is 0 Å². The van der Waals surface area contributed by atoms with Gasteiger partial charge in [-0.25, -0.2) is 0 Å². The molecule has 2 rings (SSSR count). The van der Waals surface area contributed by atoms with Gasteiger partial charge >= 0.3 is 0 Å². The maximum absolute atomic E-state index is 8.92. The van der Waals surface area contributed by atoms with E-state index in [0.717, 1.165) is 32.7 Å². The molecule has 1 aliphatic heterocycles. The highest BCUT2D eigenvalue weighted by molar-refractivity contribution is 5.25. The van der Waals surface area contributed by atoms with Crippen LogP contribution in [0.3, 0.4) is 0 Å². The minimum absolute atomic E-state index is 0.0469. The first-order chi connectivity index (χ1) is 8.70. The van der Waals surface area contributed by atoms with Gasteiger partial charge in [0.05, 0.1) is 12.1 Å². The summed E-state index contributed by atoms with van der Waals surface area (Å²) < 4.78 is 0. The van der Waals surface area contributed by atoms with E-state index >= 15 is 0 Å². The summed E-state index contributed by atoms with van der Waals surface area (Å²) in [7, 11) is 0. The highest BCUT2D eigenvalue weighted by Gasteiger charge is 2.20. The molecule has 1 atom stereocenters. The van der Waals surface area contributed by atoms with Crippen LogP contribution in [-0.2, 0) is 6.54 Å². The molecule has 3 nitrogen and oxygen atoms in total. The summed E-state index contributed by atoms with van der Waals surface area (Å²) in [5.41, 5.74) is 2.78. The Kier molecular flexibility index (Phi) is 4.35. The van der Waals surface area contributed by atoms with E-state index in [1.54, 1.807) is 0 Å². The van der Waals surface area contributed by atoms with Crippen LogP contribution in [0.4, 0.5) is 0 Å². The fraction of sp³-hybridized carbons (Fsp3) is 0.533. The van der Waals surface area contributed by atoms with Crippen LogP contribution in [0.25, 0.3) is 0 Å². The smallest absolute Gasteiger partial charge is 0.0950 e. The molecule has 18 heavy (non-hydrogen) atoms. The second-order valence-corrected chi connectivity index (χ2v) is 5.04. The summed E-state index contributed by atoms with van der Waals surface area (Å²) in [5.74, 6) is 0. The second-order valence-electron chi connectivity index (χ2n) is 5.04. The Morgan fingerprint density at radius 2 is 1.89 bits per heavy atom. The van der Waals surface area contributed by atoms with Crippen molar-refractivity contribution >= 4 is 0 Å². The number of aryl methyl sites for hydroxylation is 1. The number of hydrogen-bond donors (Lipinski definition) is 0. The molecule has 1 saturated heterocycles. The summed E-state index contributed by atoms with van der Waals surface area (Å²) in [6.07, 6.45) is 0. The first kappa shape index (κ1) is 13.1. The molecule has 96 valence electrons. The van der Waals surface area contributed by atoms with Crippen LogP contribution in [0.5, 0.6) is 0 Å². The maximum atomic E-state index is 8.92. The van der Waals surface area contributed by atoms with Gasteiger partial charge < -0.3 is 0 Å². The Morgan fingerprint density at radius 3 is 2.50 bits per heavy atom. The van der Waals surface area contributed by atoms with Crippen molar-refractivity contribution in [2.75, 3.05) is 26.2 Å². The molecule has 0 aliphatic carbocycles. The zero-order valence-corrected chi connectivity index (χ0v) is 11.3. The molecule has 1 heterocycles. The molecule has 1 fully saturated rings. The molecule has 1 aromatic rings. The van der Waals surface area contributed by atoms with E-state index in [0.29, 0.717) is 0 Å². The van der Waals surface area contributed by atoms with E-state index in [9.17, 15) is 0 Å². The van der Waals surface area contributed by atoms with Crippen molar-refractivity contribution in [3.8, 4) is 6.07 Å². The van der Waals surface area contributed by atoms with Gasteiger partial charge in [0, 0.05) is 32.7 Å². The van der Waals surface area contributed by atoms with Crippen LogP contribution in [0.1, 0.15) is 18.1 Å². The zero-order chi connectivity index (χ0) is 13.0. The van der Waals surface area contributed by atoms with Crippen molar-refractivity contribution in [3.05, 3.63) is 35.4 Å². The highest BCUT2D eigenvalue weighted by atomic mass is 15.3. The molecule has 0 radical (unpaired) electrons. The lowest BCUT2D eigenvalue weighted by Gasteiger charge is -2.36. The Bertz CT molecular complexity index is 428. The molecule has 0 amide bonds. The molecule has 0 saturated carbocycles. The van der Waals surface area contributed by atoms with Gasteiger partial charge in [0.2, 0.25) is 0 Å². The molecule has 0 aromatic heterocycles. The lowest BCUT2D eigenvalue weighted by Crippen LogP contribution is -2.48. The van der Waals surface area contributed by atoms with Gasteiger partial charge in [0.25, 0.3) is 0 Å². The minimum atomic E-state index is 0.0469. The number of nitriles is 1. The quantitative estimate of drug-likeness (QED) is 0.813. The van der Waals surface area contributed by atoms with Crippen molar-refractivity contribution in [1.82, 2.24) is 9.80 Å². The maximum Gasteiger partial charge on any atom is 0.0950 e. The van der Waals surface area contributed by atoms with Crippen molar-refractivity contribution < 1.29 is 0 Å². The lowest BCUT2D eigenvalue weighted by atomic mass is 10.1. The van der Waals surface area contributed by atoms with Crippen LogP contribution in [0.15, 0.2) is 24.3 Å². The minimum Gasteiger partial charge on any atom is -0.297 e. The molecule has 1 aliphatic rings. The Labute approximate surface area is 110 Å². The average molecular weight is 243 g/mol. The molecule has 3 heteroatoms. The SMILES string of the molecule is Cc1ccccc1CN1CCN([C@@H](C)C#N)CC1. The number of piperazine rings is 1. The molecule has 0 unspecified atom stereocenters. The number of hydrogen-bond acceptors (Lipinski definition) is 3. The molecule has 0 bridgehead atoms. The van der Waals surface area contributed by atoms with Gasteiger partial charge in [-0.3, -0.25) is 9.80 Å². The second kappa shape index (κ2) is 5.99. The van der Waals surface area contributed by atoms with E-state index in [4.69, 9.17) is 5.26 Å². The van der Waals surface area contributed by atoms with E-state index in [2.05, 4.69) is 47.1 Å². The van der Waals surface area contributed by atoms with Gasteiger partial charge in [-0.05, 0) is 25.0 Å². The topological polar surface area (TPSA) is 30.3 Å². The highest BCUT2D eigenvalue weighted by Crippen LogP contribution is 2.13. The fourth-order valence-corrected chi connectivity index (χ4v) is 2.42. The van der Waals surface area contributed by atoms with Gasteiger partial charge in [-0.15, -0.1) is 0 Å². The van der Waals surface area contributed by atoms with Crippen molar-refractivity contribution in [1.29, 1.82) is 5.26 Å². The third kappa shape index (κ3) is 3.10. The standard InChI is InChI=1S/C15H21N3/c1-13-5-3-4-6-15(13)12-17-7-9-18(10-8-17)14(2)11-16/h3-6,14H,7-10,12H2,1-2H3/t14-/m0/s1. The third-order valence-electron chi connectivity index (χ3n) is 3.80. The first-order valence-electron chi connectivity index (χ1n) is 6.61. The van der Waals surface area contributed by atoms with Crippen LogP contribution >= 0.6 is 0 Å². The Morgan fingerprint density at radius 1 is 1.22 bits per heavy atom. The average Bonchev–Trinajstić information content (AvgIpc) is 2.41. The summed E-state index contributed by atoms with van der Waals surface area (Å²) in [6, 6.07) is 10.9. The van der Waals surface area contributed by atoms with Crippen LogP contribution in [-0.4, -0.2) is 42.0 Å². The number of benzene rings is 1. The van der Waals surface area contributed by atoms with E-state index < -0.39 is 0 Å². The summed E-state index contributed by atoms with van der Waals surface area (Å²) in [5, 5.41) is 8.92. The summed E-state index contributed by atoms with van der Waals surface area (Å²) in [6.45, 7) is 9.30. The largest absolute Gasteiger partial charge is 0.297 e. The summed E-state index contributed by atoms with van der Waals surface area (Å²) in [4.78, 5) is 4.73. The lowest BCUT2D eigenvalue weighted by molar-refractivity contribution is 0.114. The zero-order valence-electron chi connectivity index (χ0n) is 11.3. The molecule has 0 spiro atoms. The number of nitrogens with zero attached hydrogens (tertiary/aromatic N) is 3. The van der Waals surface area contributed by atoms with Gasteiger partial charge in [0.15, 0.2) is 0 Å². The van der Waals surface area contributed by atoms with Crippen molar-refractivity contribution in [2.45, 2.75) is 26.4 Å². The molecule has 0 N–H and O–H groups in total.